The van der Waals surface area contributed by atoms with Crippen LogP contribution in [0.15, 0.2) is 0 Å². The van der Waals surface area contributed by atoms with E-state index in [4.69, 9.17) is 0 Å². The summed E-state index contributed by atoms with van der Waals surface area (Å²) in [5.41, 5.74) is 2.09. The van der Waals surface area contributed by atoms with Crippen LogP contribution in [0, 0.1) is 25.2 Å². The maximum absolute atomic E-state index is 12.3. The van der Waals surface area contributed by atoms with Crippen LogP contribution in [-0.4, -0.2) is 54.2 Å². The largest absolute Gasteiger partial charge is 0.351 e. The van der Waals surface area contributed by atoms with Crippen molar-refractivity contribution in [2.45, 2.75) is 20.3 Å². The molecule has 5 nitrogen and oxygen atoms in total. The van der Waals surface area contributed by atoms with E-state index in [1.54, 1.807) is 4.90 Å². The molecule has 1 aliphatic heterocycles. The topological polar surface area (TPSA) is 56.1 Å². The molecule has 0 N–H and O–H groups in total. The van der Waals surface area contributed by atoms with Gasteiger partial charge in [-0.15, -0.1) is 5.10 Å². The monoisotopic (exact) mass is 281 g/mol. The van der Waals surface area contributed by atoms with E-state index >= 15 is 0 Å². The van der Waals surface area contributed by atoms with Gasteiger partial charge in [0.1, 0.15) is 11.6 Å². The van der Waals surface area contributed by atoms with Crippen molar-refractivity contribution in [2.75, 3.05) is 37.6 Å². The Kier molecular flexibility index (Phi) is 4.45. The number of nitrogens with zero attached hydrogens (tertiary/aromatic N) is 5. The molecule has 0 aromatic carbocycles. The minimum atomic E-state index is -2.31. The Labute approximate surface area is 116 Å². The van der Waals surface area contributed by atoms with E-state index in [0.29, 0.717) is 37.6 Å². The molecule has 0 amide bonds. The van der Waals surface area contributed by atoms with Crippen molar-refractivity contribution in [3.63, 3.8) is 0 Å². The molecule has 1 aliphatic rings. The van der Waals surface area contributed by atoms with E-state index in [-0.39, 0.29) is 6.54 Å². The van der Waals surface area contributed by atoms with Gasteiger partial charge in [-0.25, -0.2) is 8.78 Å². The summed E-state index contributed by atoms with van der Waals surface area (Å²) in [4.78, 5) is 3.67. The Morgan fingerprint density at radius 2 is 1.85 bits per heavy atom. The molecule has 0 atom stereocenters. The lowest BCUT2D eigenvalue weighted by atomic mass is 10.1. The molecule has 0 saturated carbocycles. The highest BCUT2D eigenvalue weighted by Crippen LogP contribution is 2.22. The second-order valence-corrected chi connectivity index (χ2v) is 4.90. The van der Waals surface area contributed by atoms with Crippen molar-refractivity contribution < 1.29 is 8.78 Å². The number of hydrogen-bond donors (Lipinski definition) is 0. The quantitative estimate of drug-likeness (QED) is 0.837. The Morgan fingerprint density at radius 1 is 1.20 bits per heavy atom. The Balaban J connectivity index is 2.12. The molecule has 0 bridgehead atoms. The molecular formula is C13H17F2N5. The SMILES string of the molecule is Cc1nnc(N2CCN(CC(F)F)CC2)c(C#N)c1C. The van der Waals surface area contributed by atoms with E-state index < -0.39 is 6.43 Å². The highest BCUT2D eigenvalue weighted by molar-refractivity contribution is 5.57. The Morgan fingerprint density at radius 3 is 2.40 bits per heavy atom. The lowest BCUT2D eigenvalue weighted by Gasteiger charge is -2.35. The third kappa shape index (κ3) is 3.02. The number of hydrogen-bond acceptors (Lipinski definition) is 5. The van der Waals surface area contributed by atoms with Crippen molar-refractivity contribution in [1.82, 2.24) is 15.1 Å². The number of aryl methyl sites for hydroxylation is 1. The van der Waals surface area contributed by atoms with Crippen LogP contribution >= 0.6 is 0 Å². The molecule has 0 radical (unpaired) electrons. The third-order valence-corrected chi connectivity index (χ3v) is 3.62. The smallest absolute Gasteiger partial charge is 0.251 e. The molecule has 7 heteroatoms. The summed E-state index contributed by atoms with van der Waals surface area (Å²) < 4.78 is 24.7. The number of aromatic nitrogens is 2. The second kappa shape index (κ2) is 6.09. The van der Waals surface area contributed by atoms with Crippen LogP contribution in [0.2, 0.25) is 0 Å². The number of nitriles is 1. The molecule has 1 aromatic heterocycles. The summed E-state index contributed by atoms with van der Waals surface area (Å²) >= 11 is 0. The molecule has 0 unspecified atom stereocenters. The highest BCUT2D eigenvalue weighted by Gasteiger charge is 2.23. The zero-order chi connectivity index (χ0) is 14.7. The van der Waals surface area contributed by atoms with Crippen molar-refractivity contribution in [2.24, 2.45) is 0 Å². The maximum atomic E-state index is 12.3. The summed E-state index contributed by atoms with van der Waals surface area (Å²) in [6.45, 7) is 5.72. The van der Waals surface area contributed by atoms with Crippen LogP contribution in [0.3, 0.4) is 0 Å². The van der Waals surface area contributed by atoms with Crippen molar-refractivity contribution >= 4 is 5.82 Å². The summed E-state index contributed by atoms with van der Waals surface area (Å²) in [6, 6.07) is 2.17. The predicted octanol–water partition coefficient (Wildman–Crippen LogP) is 1.35. The van der Waals surface area contributed by atoms with Crippen LogP contribution in [0.25, 0.3) is 0 Å². The molecule has 108 valence electrons. The van der Waals surface area contributed by atoms with E-state index in [1.807, 2.05) is 18.7 Å². The van der Waals surface area contributed by atoms with Crippen molar-refractivity contribution in [3.8, 4) is 6.07 Å². The van der Waals surface area contributed by atoms with Gasteiger partial charge in [0.25, 0.3) is 6.43 Å². The first-order valence-electron chi connectivity index (χ1n) is 6.52. The van der Waals surface area contributed by atoms with Gasteiger partial charge in [0.15, 0.2) is 5.82 Å². The van der Waals surface area contributed by atoms with Crippen LogP contribution < -0.4 is 4.90 Å². The zero-order valence-corrected chi connectivity index (χ0v) is 11.6. The van der Waals surface area contributed by atoms with Crippen LogP contribution in [0.4, 0.5) is 14.6 Å². The Hall–Kier alpha value is -1.81. The summed E-state index contributed by atoms with van der Waals surface area (Å²) in [6.07, 6.45) is -2.31. The summed E-state index contributed by atoms with van der Waals surface area (Å²) in [5, 5.41) is 17.4. The van der Waals surface area contributed by atoms with E-state index in [2.05, 4.69) is 16.3 Å². The fraction of sp³-hybridized carbons (Fsp3) is 0.615. The first-order valence-corrected chi connectivity index (χ1v) is 6.52. The predicted molar refractivity (Wildman–Crippen MR) is 70.9 cm³/mol. The number of anilines is 1. The zero-order valence-electron chi connectivity index (χ0n) is 11.6. The number of piperazine rings is 1. The summed E-state index contributed by atoms with van der Waals surface area (Å²) in [7, 11) is 0. The van der Waals surface area contributed by atoms with Crippen LogP contribution in [0.5, 0.6) is 0 Å². The first-order chi connectivity index (χ1) is 9.52. The molecule has 2 rings (SSSR count). The van der Waals surface area contributed by atoms with Crippen LogP contribution in [-0.2, 0) is 0 Å². The molecule has 1 saturated heterocycles. The van der Waals surface area contributed by atoms with E-state index in [0.717, 1.165) is 11.3 Å². The number of halogens is 2. The highest BCUT2D eigenvalue weighted by atomic mass is 19.3. The van der Waals surface area contributed by atoms with Gasteiger partial charge in [-0.05, 0) is 19.4 Å². The molecule has 1 fully saturated rings. The normalized spacial score (nSPS) is 16.5. The van der Waals surface area contributed by atoms with Crippen molar-refractivity contribution in [3.05, 3.63) is 16.8 Å². The molecule has 2 heterocycles. The average molecular weight is 281 g/mol. The van der Waals surface area contributed by atoms with Gasteiger partial charge in [0.05, 0.1) is 12.2 Å². The fourth-order valence-electron chi connectivity index (χ4n) is 2.29. The molecule has 0 aliphatic carbocycles. The lowest BCUT2D eigenvalue weighted by molar-refractivity contribution is 0.0853. The molecule has 0 spiro atoms. The minimum Gasteiger partial charge on any atom is -0.351 e. The van der Waals surface area contributed by atoms with Gasteiger partial charge in [0.2, 0.25) is 0 Å². The fourth-order valence-corrected chi connectivity index (χ4v) is 2.29. The standard InChI is InChI=1S/C13H17F2N5/c1-9-10(2)17-18-13(11(9)7-16)20-5-3-19(4-6-20)8-12(14)15/h12H,3-6,8H2,1-2H3. The number of rotatable bonds is 3. The van der Waals surface area contributed by atoms with Gasteiger partial charge in [0, 0.05) is 26.2 Å². The van der Waals surface area contributed by atoms with E-state index in [1.165, 1.54) is 0 Å². The third-order valence-electron chi connectivity index (χ3n) is 3.62. The molecule has 1 aromatic rings. The Bertz CT molecular complexity index is 518. The lowest BCUT2D eigenvalue weighted by Crippen LogP contribution is -2.48. The number of alkyl halides is 2. The van der Waals surface area contributed by atoms with Gasteiger partial charge in [-0.3, -0.25) is 4.90 Å². The first kappa shape index (κ1) is 14.6. The van der Waals surface area contributed by atoms with Crippen LogP contribution in [0.1, 0.15) is 16.8 Å². The summed E-state index contributed by atoms with van der Waals surface area (Å²) in [5.74, 6) is 0.562. The molecular weight excluding hydrogens is 264 g/mol. The average Bonchev–Trinajstić information content (AvgIpc) is 2.42. The van der Waals surface area contributed by atoms with Gasteiger partial charge in [-0.1, -0.05) is 0 Å². The van der Waals surface area contributed by atoms with E-state index in [9.17, 15) is 14.0 Å². The second-order valence-electron chi connectivity index (χ2n) is 4.90. The molecule has 20 heavy (non-hydrogen) atoms. The van der Waals surface area contributed by atoms with Crippen molar-refractivity contribution in [1.29, 1.82) is 5.26 Å². The van der Waals surface area contributed by atoms with Gasteiger partial charge < -0.3 is 4.90 Å². The van der Waals surface area contributed by atoms with Gasteiger partial charge >= 0.3 is 0 Å². The maximum Gasteiger partial charge on any atom is 0.251 e. The van der Waals surface area contributed by atoms with Gasteiger partial charge in [-0.2, -0.15) is 10.4 Å². The minimum absolute atomic E-state index is 0.197.